The molecular formula is C18H20N2O2. The molecule has 3 rings (SSSR count). The lowest BCUT2D eigenvalue weighted by molar-refractivity contribution is 0.102. The van der Waals surface area contributed by atoms with Gasteiger partial charge in [-0.1, -0.05) is 6.07 Å². The van der Waals surface area contributed by atoms with E-state index >= 15 is 0 Å². The molecule has 2 aromatic carbocycles. The number of hydrogen-bond acceptors (Lipinski definition) is 3. The Morgan fingerprint density at radius 2 is 1.82 bits per heavy atom. The molecule has 0 saturated heterocycles. The van der Waals surface area contributed by atoms with Crippen LogP contribution in [0.15, 0.2) is 42.5 Å². The van der Waals surface area contributed by atoms with Gasteiger partial charge in [0.25, 0.3) is 5.91 Å². The fourth-order valence-electron chi connectivity index (χ4n) is 2.53. The standard InChI is InChI=1S/C18H20N2O2/c1-12(2)22-17-7-5-16(6-8-17)20-18(21)13-3-4-14-10-19-11-15(14)9-13/h3-9,12,19H,10-11H2,1-2H3,(H,20,21). The third-order valence-corrected chi connectivity index (χ3v) is 3.58. The van der Waals surface area contributed by atoms with Crippen LogP contribution in [0.25, 0.3) is 0 Å². The van der Waals surface area contributed by atoms with Crippen molar-refractivity contribution in [3.8, 4) is 5.75 Å². The van der Waals surface area contributed by atoms with Crippen molar-refractivity contribution in [3.63, 3.8) is 0 Å². The predicted molar refractivity (Wildman–Crippen MR) is 87.1 cm³/mol. The first kappa shape index (κ1) is 14.6. The van der Waals surface area contributed by atoms with Gasteiger partial charge in [-0.2, -0.15) is 0 Å². The zero-order valence-electron chi connectivity index (χ0n) is 12.8. The molecule has 1 amide bonds. The summed E-state index contributed by atoms with van der Waals surface area (Å²) in [4.78, 5) is 12.3. The molecule has 1 heterocycles. The quantitative estimate of drug-likeness (QED) is 0.910. The van der Waals surface area contributed by atoms with E-state index < -0.39 is 0 Å². The summed E-state index contributed by atoms with van der Waals surface area (Å²) in [5.41, 5.74) is 3.92. The maximum absolute atomic E-state index is 12.3. The number of rotatable bonds is 4. The molecule has 0 spiro atoms. The summed E-state index contributed by atoms with van der Waals surface area (Å²) in [6, 6.07) is 13.3. The average Bonchev–Trinajstić information content (AvgIpc) is 2.96. The van der Waals surface area contributed by atoms with E-state index in [1.54, 1.807) is 0 Å². The van der Waals surface area contributed by atoms with Crippen LogP contribution in [-0.2, 0) is 13.1 Å². The van der Waals surface area contributed by atoms with E-state index in [4.69, 9.17) is 4.74 Å². The maximum Gasteiger partial charge on any atom is 0.255 e. The van der Waals surface area contributed by atoms with Crippen LogP contribution in [0.4, 0.5) is 5.69 Å². The van der Waals surface area contributed by atoms with Gasteiger partial charge in [0.05, 0.1) is 6.10 Å². The highest BCUT2D eigenvalue weighted by molar-refractivity contribution is 6.04. The average molecular weight is 296 g/mol. The van der Waals surface area contributed by atoms with Gasteiger partial charge in [-0.15, -0.1) is 0 Å². The van der Waals surface area contributed by atoms with E-state index in [2.05, 4.69) is 10.6 Å². The molecule has 2 aromatic rings. The van der Waals surface area contributed by atoms with E-state index in [0.29, 0.717) is 5.56 Å². The van der Waals surface area contributed by atoms with Crippen LogP contribution in [0.1, 0.15) is 35.3 Å². The maximum atomic E-state index is 12.3. The van der Waals surface area contributed by atoms with E-state index in [-0.39, 0.29) is 12.0 Å². The first-order valence-corrected chi connectivity index (χ1v) is 7.52. The van der Waals surface area contributed by atoms with Crippen LogP contribution in [0.2, 0.25) is 0 Å². The van der Waals surface area contributed by atoms with Gasteiger partial charge in [0.1, 0.15) is 5.75 Å². The molecule has 4 heteroatoms. The minimum Gasteiger partial charge on any atom is -0.491 e. The summed E-state index contributed by atoms with van der Waals surface area (Å²) in [6.45, 7) is 5.68. The van der Waals surface area contributed by atoms with Crippen molar-refractivity contribution < 1.29 is 9.53 Å². The Balaban J connectivity index is 1.68. The second-order valence-electron chi connectivity index (χ2n) is 5.73. The van der Waals surface area contributed by atoms with Crippen LogP contribution < -0.4 is 15.4 Å². The molecule has 1 aliphatic rings. The van der Waals surface area contributed by atoms with Gasteiger partial charge in [-0.25, -0.2) is 0 Å². The summed E-state index contributed by atoms with van der Waals surface area (Å²) in [5.74, 6) is 0.712. The Kier molecular flexibility index (Phi) is 4.11. The monoisotopic (exact) mass is 296 g/mol. The lowest BCUT2D eigenvalue weighted by Gasteiger charge is -2.11. The third kappa shape index (κ3) is 3.28. The number of benzene rings is 2. The number of ether oxygens (including phenoxy) is 1. The lowest BCUT2D eigenvalue weighted by Crippen LogP contribution is -2.12. The molecule has 0 bridgehead atoms. The summed E-state index contributed by atoms with van der Waals surface area (Å²) in [6.07, 6.45) is 0.139. The highest BCUT2D eigenvalue weighted by Gasteiger charge is 2.13. The lowest BCUT2D eigenvalue weighted by atomic mass is 10.1. The Hall–Kier alpha value is -2.33. The Labute approximate surface area is 130 Å². The zero-order chi connectivity index (χ0) is 15.5. The fraction of sp³-hybridized carbons (Fsp3) is 0.278. The Morgan fingerprint density at radius 1 is 1.09 bits per heavy atom. The van der Waals surface area contributed by atoms with E-state index in [1.807, 2.05) is 56.3 Å². The predicted octanol–water partition coefficient (Wildman–Crippen LogP) is 3.33. The summed E-state index contributed by atoms with van der Waals surface area (Å²) in [7, 11) is 0. The van der Waals surface area contributed by atoms with Crippen molar-refractivity contribution in [2.75, 3.05) is 5.32 Å². The number of carbonyl (C=O) groups excluding carboxylic acids is 1. The van der Waals surface area contributed by atoms with Crippen LogP contribution >= 0.6 is 0 Å². The summed E-state index contributed by atoms with van der Waals surface area (Å²) >= 11 is 0. The number of carbonyl (C=O) groups is 1. The van der Waals surface area contributed by atoms with Gasteiger partial charge in [0.2, 0.25) is 0 Å². The second kappa shape index (κ2) is 6.20. The van der Waals surface area contributed by atoms with Gasteiger partial charge < -0.3 is 15.4 Å². The molecule has 0 aliphatic carbocycles. The summed E-state index contributed by atoms with van der Waals surface area (Å²) in [5, 5.41) is 6.19. The highest BCUT2D eigenvalue weighted by Crippen LogP contribution is 2.20. The minimum absolute atomic E-state index is 0.0905. The first-order chi connectivity index (χ1) is 10.6. The highest BCUT2D eigenvalue weighted by atomic mass is 16.5. The molecule has 0 atom stereocenters. The smallest absolute Gasteiger partial charge is 0.255 e. The van der Waals surface area contributed by atoms with Crippen LogP contribution in [0, 0.1) is 0 Å². The molecule has 0 radical (unpaired) electrons. The van der Waals surface area contributed by atoms with Crippen molar-refractivity contribution in [3.05, 3.63) is 59.2 Å². The first-order valence-electron chi connectivity index (χ1n) is 7.52. The number of fused-ring (bicyclic) bond motifs is 1. The van der Waals surface area contributed by atoms with Crippen LogP contribution in [0.5, 0.6) is 5.75 Å². The fourth-order valence-corrected chi connectivity index (χ4v) is 2.53. The van der Waals surface area contributed by atoms with Crippen LogP contribution in [-0.4, -0.2) is 12.0 Å². The van der Waals surface area contributed by atoms with E-state index in [1.165, 1.54) is 11.1 Å². The van der Waals surface area contributed by atoms with Crippen molar-refractivity contribution in [2.24, 2.45) is 0 Å². The number of anilines is 1. The molecular weight excluding hydrogens is 276 g/mol. The van der Waals surface area contributed by atoms with Gasteiger partial charge in [0, 0.05) is 24.3 Å². The molecule has 114 valence electrons. The topological polar surface area (TPSA) is 50.4 Å². The number of amides is 1. The molecule has 0 unspecified atom stereocenters. The molecule has 4 nitrogen and oxygen atoms in total. The minimum atomic E-state index is -0.0905. The molecule has 2 N–H and O–H groups in total. The number of hydrogen-bond donors (Lipinski definition) is 2. The van der Waals surface area contributed by atoms with Crippen molar-refractivity contribution >= 4 is 11.6 Å². The van der Waals surface area contributed by atoms with E-state index in [9.17, 15) is 4.79 Å². The SMILES string of the molecule is CC(C)Oc1ccc(NC(=O)c2ccc3c(c2)CNC3)cc1. The van der Waals surface area contributed by atoms with E-state index in [0.717, 1.165) is 24.5 Å². The molecule has 22 heavy (non-hydrogen) atoms. The molecule has 0 fully saturated rings. The molecule has 0 saturated carbocycles. The van der Waals surface area contributed by atoms with Gasteiger partial charge >= 0.3 is 0 Å². The zero-order valence-corrected chi connectivity index (χ0v) is 12.8. The largest absolute Gasteiger partial charge is 0.491 e. The summed E-state index contributed by atoms with van der Waals surface area (Å²) < 4.78 is 5.59. The molecule has 0 aromatic heterocycles. The van der Waals surface area contributed by atoms with Crippen LogP contribution in [0.3, 0.4) is 0 Å². The number of nitrogens with one attached hydrogen (secondary N) is 2. The van der Waals surface area contributed by atoms with Crippen molar-refractivity contribution in [2.45, 2.75) is 33.0 Å². The van der Waals surface area contributed by atoms with Gasteiger partial charge in [-0.3, -0.25) is 4.79 Å². The van der Waals surface area contributed by atoms with Gasteiger partial charge in [-0.05, 0) is 61.4 Å². The van der Waals surface area contributed by atoms with Crippen molar-refractivity contribution in [1.29, 1.82) is 0 Å². The van der Waals surface area contributed by atoms with Crippen molar-refractivity contribution in [1.82, 2.24) is 5.32 Å². The Bertz CT molecular complexity index is 678. The Morgan fingerprint density at radius 3 is 2.55 bits per heavy atom. The third-order valence-electron chi connectivity index (χ3n) is 3.58. The van der Waals surface area contributed by atoms with Gasteiger partial charge in [0.15, 0.2) is 0 Å². The second-order valence-corrected chi connectivity index (χ2v) is 5.73. The molecule has 1 aliphatic heterocycles. The normalized spacial score (nSPS) is 13.0.